The highest BCUT2D eigenvalue weighted by molar-refractivity contribution is 5.76. The Morgan fingerprint density at radius 3 is 2.46 bits per heavy atom. The zero-order chi connectivity index (χ0) is 25.6. The Labute approximate surface area is 219 Å². The zero-order valence-electron chi connectivity index (χ0n) is 21.7. The van der Waals surface area contributed by atoms with E-state index in [1.165, 1.54) is 0 Å². The van der Waals surface area contributed by atoms with Gasteiger partial charge in [-0.2, -0.15) is 0 Å². The number of carbonyl (C=O) groups is 1. The van der Waals surface area contributed by atoms with Gasteiger partial charge in [0.2, 0.25) is 5.91 Å². The van der Waals surface area contributed by atoms with Crippen LogP contribution in [-0.2, 0) is 20.8 Å². The first-order valence-corrected chi connectivity index (χ1v) is 13.5. The molecule has 1 amide bonds. The van der Waals surface area contributed by atoms with Gasteiger partial charge in [0.05, 0.1) is 37.9 Å². The fourth-order valence-corrected chi connectivity index (χ4v) is 5.53. The summed E-state index contributed by atoms with van der Waals surface area (Å²) < 4.78 is 18.2. The largest absolute Gasteiger partial charge is 0.457 e. The van der Waals surface area contributed by atoms with Gasteiger partial charge >= 0.3 is 0 Å². The van der Waals surface area contributed by atoms with E-state index in [-0.39, 0.29) is 30.8 Å². The van der Waals surface area contributed by atoms with Crippen LogP contribution in [0.4, 0.5) is 0 Å². The van der Waals surface area contributed by atoms with Crippen molar-refractivity contribution in [1.29, 1.82) is 0 Å². The van der Waals surface area contributed by atoms with Crippen LogP contribution < -0.4 is 4.74 Å². The summed E-state index contributed by atoms with van der Waals surface area (Å²) in [5.41, 5.74) is 1.15. The van der Waals surface area contributed by atoms with Crippen molar-refractivity contribution in [2.45, 2.75) is 50.2 Å². The van der Waals surface area contributed by atoms with E-state index >= 15 is 0 Å². The van der Waals surface area contributed by atoms with Crippen molar-refractivity contribution in [3.63, 3.8) is 0 Å². The summed E-state index contributed by atoms with van der Waals surface area (Å²) in [5, 5.41) is 10.5. The van der Waals surface area contributed by atoms with Gasteiger partial charge < -0.3 is 29.1 Å². The van der Waals surface area contributed by atoms with Crippen LogP contribution in [0.3, 0.4) is 0 Å². The molecule has 2 aromatic carbocycles. The van der Waals surface area contributed by atoms with Crippen molar-refractivity contribution in [2.75, 3.05) is 53.0 Å². The lowest BCUT2D eigenvalue weighted by molar-refractivity contribution is -0.161. The van der Waals surface area contributed by atoms with Crippen LogP contribution in [0.5, 0.6) is 11.5 Å². The Hall–Kier alpha value is -2.49. The fourth-order valence-electron chi connectivity index (χ4n) is 5.53. The number of amides is 1. The number of aliphatic hydroxyl groups excluding tert-OH is 1. The van der Waals surface area contributed by atoms with Gasteiger partial charge in [0.25, 0.3) is 0 Å². The van der Waals surface area contributed by atoms with Crippen molar-refractivity contribution in [3.8, 4) is 11.5 Å². The van der Waals surface area contributed by atoms with Gasteiger partial charge in [-0.05, 0) is 49.7 Å². The lowest BCUT2D eigenvalue weighted by Gasteiger charge is -2.45. The molecule has 2 aromatic rings. The Bertz CT molecular complexity index is 996. The molecule has 4 atom stereocenters. The van der Waals surface area contributed by atoms with E-state index in [1.807, 2.05) is 47.4 Å². The zero-order valence-corrected chi connectivity index (χ0v) is 21.7. The number of likely N-dealkylation sites (N-methyl/N-ethyl adjacent to an activating group) is 1. The number of aliphatic hydroxyl groups is 1. The lowest BCUT2D eigenvalue weighted by atomic mass is 9.94. The number of para-hydroxylation sites is 1. The molecule has 200 valence electrons. The predicted molar refractivity (Wildman–Crippen MR) is 141 cm³/mol. The molecule has 5 rings (SSSR count). The molecule has 8 nitrogen and oxygen atoms in total. The third-order valence-corrected chi connectivity index (χ3v) is 7.63. The molecule has 1 N–H and O–H groups in total. The molecule has 8 heteroatoms. The number of rotatable bonds is 6. The quantitative estimate of drug-likeness (QED) is 0.642. The fraction of sp³-hybridized carbons (Fsp3) is 0.552. The maximum absolute atomic E-state index is 12.9. The summed E-state index contributed by atoms with van der Waals surface area (Å²) in [6.45, 7) is 5.38. The maximum Gasteiger partial charge on any atom is 0.225 e. The third-order valence-electron chi connectivity index (χ3n) is 7.63. The van der Waals surface area contributed by atoms with Crippen molar-refractivity contribution in [2.24, 2.45) is 0 Å². The summed E-state index contributed by atoms with van der Waals surface area (Å²) in [6.07, 6.45) is 1.43. The van der Waals surface area contributed by atoms with Gasteiger partial charge in [0, 0.05) is 45.3 Å². The van der Waals surface area contributed by atoms with Crippen LogP contribution in [0.15, 0.2) is 54.6 Å². The number of benzene rings is 2. The van der Waals surface area contributed by atoms with Gasteiger partial charge in [-0.3, -0.25) is 9.69 Å². The van der Waals surface area contributed by atoms with E-state index in [0.29, 0.717) is 26.1 Å². The SMILES string of the molecule is CN1CCN(C(=O)C[C@H]2CC[C@H]3[C@@H](COC[C@@H](O)CN3Cc3ccc(Oc4ccccc4)cc3)O2)CC1. The molecule has 3 saturated heterocycles. The maximum atomic E-state index is 12.9. The Kier molecular flexibility index (Phi) is 8.74. The lowest BCUT2D eigenvalue weighted by Crippen LogP contribution is -2.55. The van der Waals surface area contributed by atoms with Crippen LogP contribution in [0.1, 0.15) is 24.8 Å². The molecule has 3 heterocycles. The predicted octanol–water partition coefficient (Wildman–Crippen LogP) is 2.75. The van der Waals surface area contributed by atoms with E-state index in [9.17, 15) is 9.90 Å². The van der Waals surface area contributed by atoms with E-state index in [1.54, 1.807) is 0 Å². The average Bonchev–Trinajstić information content (AvgIpc) is 2.90. The Morgan fingerprint density at radius 1 is 0.973 bits per heavy atom. The van der Waals surface area contributed by atoms with Gasteiger partial charge in [-0.1, -0.05) is 30.3 Å². The molecule has 0 aliphatic carbocycles. The van der Waals surface area contributed by atoms with Gasteiger partial charge in [0.15, 0.2) is 0 Å². The highest BCUT2D eigenvalue weighted by Gasteiger charge is 2.38. The van der Waals surface area contributed by atoms with Gasteiger partial charge in [-0.15, -0.1) is 0 Å². The molecule has 0 unspecified atom stereocenters. The number of β-amino-alcohol motifs (C(OH)–C–C–N with tert-alkyl or cyclic N) is 1. The van der Waals surface area contributed by atoms with Crippen molar-refractivity contribution in [3.05, 3.63) is 60.2 Å². The van der Waals surface area contributed by atoms with Crippen molar-refractivity contribution in [1.82, 2.24) is 14.7 Å². The topological polar surface area (TPSA) is 74.7 Å². The van der Waals surface area contributed by atoms with Crippen LogP contribution in [0, 0.1) is 0 Å². The number of hydrogen-bond acceptors (Lipinski definition) is 7. The van der Waals surface area contributed by atoms with Crippen molar-refractivity contribution >= 4 is 5.91 Å². The van der Waals surface area contributed by atoms with Crippen LogP contribution in [0.25, 0.3) is 0 Å². The number of piperazine rings is 1. The van der Waals surface area contributed by atoms with E-state index in [2.05, 4.69) is 29.0 Å². The molecule has 3 aliphatic rings. The summed E-state index contributed by atoms with van der Waals surface area (Å²) in [6, 6.07) is 18.0. The molecule has 0 radical (unpaired) electrons. The number of carbonyl (C=O) groups excluding carboxylic acids is 1. The first-order valence-electron chi connectivity index (χ1n) is 13.5. The van der Waals surface area contributed by atoms with Crippen molar-refractivity contribution < 1.29 is 24.1 Å². The van der Waals surface area contributed by atoms with Crippen LogP contribution >= 0.6 is 0 Å². The van der Waals surface area contributed by atoms with E-state index in [0.717, 1.165) is 56.1 Å². The highest BCUT2D eigenvalue weighted by Crippen LogP contribution is 2.30. The summed E-state index contributed by atoms with van der Waals surface area (Å²) in [7, 11) is 2.09. The first kappa shape index (κ1) is 26.1. The molecule has 37 heavy (non-hydrogen) atoms. The number of fused-ring (bicyclic) bond motifs is 1. The second kappa shape index (κ2) is 12.4. The normalized spacial score (nSPS) is 27.7. The average molecular weight is 510 g/mol. The van der Waals surface area contributed by atoms with Gasteiger partial charge in [0.1, 0.15) is 11.5 Å². The summed E-state index contributed by atoms with van der Waals surface area (Å²) >= 11 is 0. The molecule has 3 fully saturated rings. The van der Waals surface area contributed by atoms with Crippen LogP contribution in [0.2, 0.25) is 0 Å². The Morgan fingerprint density at radius 2 is 1.70 bits per heavy atom. The molecule has 3 aliphatic heterocycles. The summed E-state index contributed by atoms with van der Waals surface area (Å²) in [5.74, 6) is 1.79. The Balaban J connectivity index is 1.20. The number of hydrogen-bond donors (Lipinski definition) is 1. The monoisotopic (exact) mass is 509 g/mol. The minimum atomic E-state index is -0.543. The molecular formula is C29H39N3O5. The molecule has 0 saturated carbocycles. The van der Waals surface area contributed by atoms with E-state index in [4.69, 9.17) is 14.2 Å². The standard InChI is InChI=1S/C29H39N3O5/c1-30-13-15-31(16-14-30)29(34)17-26-11-12-27-28(37-26)21-35-20-23(33)19-32(27)18-22-7-9-25(10-8-22)36-24-5-3-2-4-6-24/h2-10,23,26-28,33H,11-21H2,1H3/t23-,26+,27-,28+/m0/s1. The highest BCUT2D eigenvalue weighted by atomic mass is 16.5. The van der Waals surface area contributed by atoms with Crippen LogP contribution in [-0.4, -0.2) is 103 Å². The number of nitrogens with zero attached hydrogens (tertiary/aromatic N) is 3. The minimum absolute atomic E-state index is 0.0855. The summed E-state index contributed by atoms with van der Waals surface area (Å²) in [4.78, 5) is 19.4. The molecule has 0 aromatic heterocycles. The second-order valence-corrected chi connectivity index (χ2v) is 10.5. The third kappa shape index (κ3) is 7.09. The molecule has 0 bridgehead atoms. The first-order chi connectivity index (χ1) is 18.0. The van der Waals surface area contributed by atoms with E-state index < -0.39 is 6.10 Å². The minimum Gasteiger partial charge on any atom is -0.457 e. The molecular weight excluding hydrogens is 470 g/mol. The smallest absolute Gasteiger partial charge is 0.225 e. The molecule has 0 spiro atoms. The number of ether oxygens (including phenoxy) is 3. The van der Waals surface area contributed by atoms with Gasteiger partial charge in [-0.25, -0.2) is 0 Å². The second-order valence-electron chi connectivity index (χ2n) is 10.5.